The third-order valence-electron chi connectivity index (χ3n) is 0.346. The first-order valence-corrected chi connectivity index (χ1v) is 7.60. The third-order valence-corrected chi connectivity index (χ3v) is 3.11. The van der Waals surface area contributed by atoms with Gasteiger partial charge in [0.25, 0.3) is 0 Å². The zero-order valence-corrected chi connectivity index (χ0v) is 10.4. The van der Waals surface area contributed by atoms with E-state index in [2.05, 4.69) is 24.6 Å². The summed E-state index contributed by atoms with van der Waals surface area (Å²) < 4.78 is 36.4. The van der Waals surface area contributed by atoms with Crippen LogP contribution in [0, 0.1) is 0 Å². The topological polar surface area (TPSA) is 130 Å². The molecule has 0 aliphatic heterocycles. The van der Waals surface area contributed by atoms with Crippen LogP contribution in [0.4, 0.5) is 0 Å². The molecule has 0 aliphatic carbocycles. The van der Waals surface area contributed by atoms with Gasteiger partial charge in [-0.3, -0.25) is 4.89 Å². The lowest BCUT2D eigenvalue weighted by Gasteiger charge is -1.88. The van der Waals surface area contributed by atoms with E-state index in [4.69, 9.17) is 14.7 Å². The fourth-order valence-electron chi connectivity index (χ4n) is 0.191. The summed E-state index contributed by atoms with van der Waals surface area (Å²) >= 11 is 2.94. The average molecular weight is 319 g/mol. The third kappa shape index (κ3) is 12.7. The van der Waals surface area contributed by atoms with Gasteiger partial charge in [0.1, 0.15) is 0 Å². The average Bonchev–Trinajstić information content (AvgIpc) is 1.85. The van der Waals surface area contributed by atoms with Crippen LogP contribution in [0.2, 0.25) is 0 Å². The number of alkyl halides is 1. The molecular weight excluding hydrogens is 313 g/mol. The highest BCUT2D eigenvalue weighted by Crippen LogP contribution is 2.55. The van der Waals surface area contributed by atoms with Gasteiger partial charge in [-0.1, -0.05) is 15.9 Å². The Kier molecular flexibility index (Phi) is 10.0. The van der Waals surface area contributed by atoms with E-state index < -0.39 is 24.3 Å². The van der Waals surface area contributed by atoms with Crippen molar-refractivity contribution in [2.24, 2.45) is 0 Å². The molecule has 2 atom stereocenters. The Balaban J connectivity index is 0. The predicted octanol–water partition coefficient (Wildman–Crippen LogP) is 1.43. The van der Waals surface area contributed by atoms with Crippen molar-refractivity contribution in [3.63, 3.8) is 0 Å². The molecule has 0 radical (unpaired) electrons. The Morgan fingerprint density at radius 1 is 1.15 bits per heavy atom. The molecule has 0 bridgehead atoms. The maximum atomic E-state index is 10.3. The van der Waals surface area contributed by atoms with Crippen molar-refractivity contribution in [3.8, 4) is 0 Å². The molecule has 0 amide bonds. The summed E-state index contributed by atoms with van der Waals surface area (Å²) in [5.41, 5.74) is 0. The smallest absolute Gasteiger partial charge is 0.297 e. The fourth-order valence-corrected chi connectivity index (χ4v) is 1.99. The van der Waals surface area contributed by atoms with Crippen LogP contribution in [0.3, 0.4) is 0 Å². The summed E-state index contributed by atoms with van der Waals surface area (Å²) in [5, 5.41) is 0. The van der Waals surface area contributed by atoms with Gasteiger partial charge in [-0.25, -0.2) is 4.57 Å². The van der Waals surface area contributed by atoms with Crippen LogP contribution in [0.25, 0.3) is 0 Å². The lowest BCUT2D eigenvalue weighted by molar-refractivity contribution is 0.271. The number of hydrogen-bond donors (Lipinski definition) is 3. The van der Waals surface area contributed by atoms with Crippen LogP contribution in [0.1, 0.15) is 0 Å². The van der Waals surface area contributed by atoms with Crippen molar-refractivity contribution in [2.45, 2.75) is 0 Å². The molecule has 0 spiro atoms. The van der Waals surface area contributed by atoms with E-state index in [9.17, 15) is 13.7 Å². The zero-order chi connectivity index (χ0) is 11.1. The molecule has 0 saturated heterocycles. The summed E-state index contributed by atoms with van der Waals surface area (Å²) in [6, 6.07) is 0. The molecule has 0 heterocycles. The van der Waals surface area contributed by atoms with Gasteiger partial charge in [-0.2, -0.15) is 0 Å². The molecule has 3 N–H and O–H groups in total. The van der Waals surface area contributed by atoms with E-state index in [1.807, 2.05) is 5.83 Å². The minimum absolute atomic E-state index is 1.81. The van der Waals surface area contributed by atoms with Crippen LogP contribution >= 0.6 is 40.3 Å². The first-order chi connectivity index (χ1) is 5.83. The molecule has 0 aliphatic rings. The van der Waals surface area contributed by atoms with Gasteiger partial charge in [-0.15, -0.1) is 9.79 Å². The second-order valence-corrected chi connectivity index (χ2v) is 4.30. The van der Waals surface area contributed by atoms with Gasteiger partial charge in [0.15, 0.2) is 0 Å². The predicted molar refractivity (Wildman–Crippen MR) is 46.5 cm³/mol. The molecule has 0 aromatic carbocycles. The van der Waals surface area contributed by atoms with Crippen molar-refractivity contribution in [1.29, 1.82) is 0 Å². The highest BCUT2D eigenvalue weighted by molar-refractivity contribution is 9.08. The Labute approximate surface area is 83.5 Å². The molecule has 0 rings (SSSR count). The van der Waals surface area contributed by atoms with Gasteiger partial charge in [-0.05, 0) is 5.83 Å². The molecule has 78 valence electrons. The Morgan fingerprint density at radius 3 is 1.54 bits per heavy atom. The molecular formula is CH6BrO8P3+2. The van der Waals surface area contributed by atoms with E-state index in [1.54, 1.807) is 0 Å². The van der Waals surface area contributed by atoms with Gasteiger partial charge in [0.05, 0.1) is 0 Å². The Bertz CT molecular complexity index is 205. The van der Waals surface area contributed by atoms with Gasteiger partial charge < -0.3 is 0 Å². The molecule has 0 saturated carbocycles. The molecule has 13 heavy (non-hydrogen) atoms. The van der Waals surface area contributed by atoms with Gasteiger partial charge >= 0.3 is 24.3 Å². The van der Waals surface area contributed by atoms with Crippen LogP contribution in [-0.4, -0.2) is 20.5 Å². The largest absolute Gasteiger partial charge is 0.705 e. The fraction of sp³-hybridized carbons (Fsp3) is 1.00. The maximum absolute atomic E-state index is 10.3. The number of halogens is 1. The van der Waals surface area contributed by atoms with Crippen molar-refractivity contribution < 1.29 is 37.0 Å². The lowest BCUT2D eigenvalue weighted by atomic mass is 12.0. The summed E-state index contributed by atoms with van der Waals surface area (Å²) in [4.78, 5) is 24.1. The first-order valence-electron chi connectivity index (χ1n) is 2.26. The molecule has 2 unspecified atom stereocenters. The number of hydrogen-bond acceptors (Lipinski definition) is 5. The summed E-state index contributed by atoms with van der Waals surface area (Å²) in [5.74, 6) is 1.81. The van der Waals surface area contributed by atoms with E-state index in [-0.39, 0.29) is 0 Å². The monoisotopic (exact) mass is 318 g/mol. The van der Waals surface area contributed by atoms with E-state index in [0.29, 0.717) is 0 Å². The van der Waals surface area contributed by atoms with Gasteiger partial charge in [0.2, 0.25) is 0 Å². The Morgan fingerprint density at radius 2 is 1.38 bits per heavy atom. The molecule has 0 aromatic heterocycles. The minimum atomic E-state index is -4.87. The number of rotatable bonds is 4. The van der Waals surface area contributed by atoms with Crippen LogP contribution in [-0.2, 0) is 22.3 Å². The van der Waals surface area contributed by atoms with Crippen molar-refractivity contribution in [1.82, 2.24) is 0 Å². The van der Waals surface area contributed by atoms with Crippen LogP contribution < -0.4 is 0 Å². The normalized spacial score (nSPS) is 16.4. The zero-order valence-electron chi connectivity index (χ0n) is 6.10. The molecule has 0 fully saturated rings. The lowest BCUT2D eigenvalue weighted by Crippen LogP contribution is -1.81. The second-order valence-electron chi connectivity index (χ2n) is 1.11. The summed E-state index contributed by atoms with van der Waals surface area (Å²) in [6.07, 6.45) is 0. The van der Waals surface area contributed by atoms with Crippen molar-refractivity contribution in [3.05, 3.63) is 0 Å². The standard InChI is InChI=1S/CH3Br.HO8P3/c1-2;1-9(2)7-11(5,6)8-10(3)4/h1H3;(H-2,1,2,3,4,5,6)/p+2. The SMILES string of the molecule is CBr.O=[P+](O)OP(=O)(O)O[P+](=O)O. The van der Waals surface area contributed by atoms with E-state index in [1.165, 1.54) is 0 Å². The minimum Gasteiger partial charge on any atom is -0.297 e. The Hall–Kier alpha value is 0.710. The number of phosphoric acid groups is 1. The second kappa shape index (κ2) is 8.05. The first kappa shape index (κ1) is 16.2. The van der Waals surface area contributed by atoms with E-state index in [0.717, 1.165) is 0 Å². The molecule has 8 nitrogen and oxygen atoms in total. The molecule has 0 aromatic rings. The van der Waals surface area contributed by atoms with Crippen molar-refractivity contribution in [2.75, 3.05) is 5.83 Å². The van der Waals surface area contributed by atoms with Crippen LogP contribution in [0.15, 0.2) is 0 Å². The summed E-state index contributed by atoms with van der Waals surface area (Å²) in [6.45, 7) is 0. The molecule has 12 heteroatoms. The quantitative estimate of drug-likeness (QED) is 0.524. The highest BCUT2D eigenvalue weighted by atomic mass is 79.9. The van der Waals surface area contributed by atoms with E-state index >= 15 is 0 Å². The highest BCUT2D eigenvalue weighted by Gasteiger charge is 2.43. The summed E-state index contributed by atoms with van der Waals surface area (Å²) in [7, 11) is -11.6. The van der Waals surface area contributed by atoms with Gasteiger partial charge in [0, 0.05) is 17.8 Å². The maximum Gasteiger partial charge on any atom is 0.705 e. The van der Waals surface area contributed by atoms with Crippen molar-refractivity contribution >= 4 is 40.3 Å². The van der Waals surface area contributed by atoms with Crippen LogP contribution in [0.5, 0.6) is 0 Å².